The Morgan fingerprint density at radius 2 is 1.10 bits per heavy atom. The van der Waals surface area contributed by atoms with Crippen LogP contribution >= 0.6 is 0 Å². The number of hydrogen-bond acceptors (Lipinski definition) is 31. The Morgan fingerprint density at radius 1 is 0.577 bits per heavy atom. The molecule has 0 aromatic carbocycles. The molecule has 4 aliphatic carbocycles. The van der Waals surface area contributed by atoms with Gasteiger partial charge in [0.2, 0.25) is 0 Å². The summed E-state index contributed by atoms with van der Waals surface area (Å²) in [7, 11) is 2.39. The highest BCUT2D eigenvalue weighted by Crippen LogP contribution is 2.75. The average molecular weight is 1390 g/mol. The standard InChI is InChI=1S/C66H104O31/c1-26(2)12-11-17-65(8)54-30(70)20-64(7)29-13-14-36-62(4,5)37(16-18-63(36,6)28(29)15-19-66(54,64)61(82)97-65)92-60-53(41(75)35(25-86-60)91-57-47(81)52(40(74)34(23-69)88-57)95-59-46(80)51(84-10)39(73)33(22-68)90-59)96-56-43(77)42(76)48(27(3)87-56)93-55-44(78)49(31(71)24-85-55)94-58-45(79)50(83-9)38(72)32(21-67)89-58/h15,27,29,31-60,67-69,71-81H,1,11-14,16-25H2,2-10H3. The van der Waals surface area contributed by atoms with Gasteiger partial charge >= 0.3 is 5.97 Å². The SMILES string of the molecule is C=C(C)CCCC1(C)OC(=O)C23CC=C4C(CCC5C4(C)CCC(OC4OCC(OC6OC(CO)C(O)C(OC7OC(CO)C(O)C(OC)C7O)C6O)C(O)C4OC4OC(C)C(OC6OCC(O)C(OC7OC(CO)C(O)C(OC)C7O)C6O)C(O)C4O)C5(C)C)C2(C)CC(=O)C13. The first-order valence-corrected chi connectivity index (χ1v) is 34.1. The van der Waals surface area contributed by atoms with Crippen molar-refractivity contribution in [3.8, 4) is 0 Å². The molecular weight excluding hydrogens is 1290 g/mol. The van der Waals surface area contributed by atoms with Crippen LogP contribution in [0.5, 0.6) is 0 Å². The van der Waals surface area contributed by atoms with Crippen molar-refractivity contribution >= 4 is 11.8 Å². The van der Waals surface area contributed by atoms with Crippen LogP contribution in [0.1, 0.15) is 106 Å². The third-order valence-electron chi connectivity index (χ3n) is 24.0. The third kappa shape index (κ3) is 13.1. The molecule has 0 radical (unpaired) electrons. The number of rotatable bonds is 21. The summed E-state index contributed by atoms with van der Waals surface area (Å²) in [4.78, 5) is 29.1. The second-order valence-electron chi connectivity index (χ2n) is 30.2. The quantitative estimate of drug-likeness (QED) is 0.0305. The van der Waals surface area contributed by atoms with E-state index in [0.717, 1.165) is 18.4 Å². The molecule has 31 nitrogen and oxygen atoms in total. The lowest BCUT2D eigenvalue weighted by Gasteiger charge is -2.63. The van der Waals surface area contributed by atoms with Crippen molar-refractivity contribution in [3.05, 3.63) is 23.8 Å². The molecule has 0 aromatic rings. The molecule has 14 N–H and O–H groups in total. The molecule has 10 fully saturated rings. The van der Waals surface area contributed by atoms with E-state index in [0.29, 0.717) is 38.5 Å². The zero-order valence-corrected chi connectivity index (χ0v) is 56.4. The van der Waals surface area contributed by atoms with Crippen LogP contribution in [-0.2, 0) is 80.6 Å². The monoisotopic (exact) mass is 1390 g/mol. The van der Waals surface area contributed by atoms with Crippen LogP contribution in [0.2, 0.25) is 0 Å². The van der Waals surface area contributed by atoms with E-state index in [9.17, 15) is 81.1 Å². The van der Waals surface area contributed by atoms with Crippen molar-refractivity contribution in [1.82, 2.24) is 0 Å². The fourth-order valence-corrected chi connectivity index (χ4v) is 18.8. The molecule has 36 unspecified atom stereocenters. The van der Waals surface area contributed by atoms with Crippen LogP contribution in [0, 0.1) is 39.4 Å². The summed E-state index contributed by atoms with van der Waals surface area (Å²) < 4.78 is 89.9. The Morgan fingerprint density at radius 3 is 1.69 bits per heavy atom. The molecule has 97 heavy (non-hydrogen) atoms. The normalized spacial score (nSPS) is 52.1. The molecule has 0 bridgehead atoms. The van der Waals surface area contributed by atoms with E-state index in [1.54, 1.807) is 0 Å². The first-order chi connectivity index (χ1) is 45.8. The van der Waals surface area contributed by atoms with Crippen molar-refractivity contribution in [3.63, 3.8) is 0 Å². The fourth-order valence-electron chi connectivity index (χ4n) is 18.8. The summed E-state index contributed by atoms with van der Waals surface area (Å²) >= 11 is 0. The average Bonchev–Trinajstić information content (AvgIpc) is 1.51. The minimum Gasteiger partial charge on any atom is -0.458 e. The Kier molecular flexibility index (Phi) is 22.8. The lowest BCUT2D eigenvalue weighted by molar-refractivity contribution is -0.394. The summed E-state index contributed by atoms with van der Waals surface area (Å²) in [6.07, 6.45) is -39.4. The number of methoxy groups -OCH3 is 2. The number of ether oxygens (including phenoxy) is 15. The molecular formula is C66H104O31. The van der Waals surface area contributed by atoms with Crippen LogP contribution in [0.3, 0.4) is 0 Å². The van der Waals surface area contributed by atoms with Crippen LogP contribution in [0.4, 0.5) is 0 Å². The maximum Gasteiger partial charge on any atom is 0.314 e. The van der Waals surface area contributed by atoms with Gasteiger partial charge in [-0.05, 0) is 100 Å². The molecule has 1 spiro atoms. The highest BCUT2D eigenvalue weighted by Gasteiger charge is 2.79. The minimum absolute atomic E-state index is 0.0511. The van der Waals surface area contributed by atoms with Crippen LogP contribution in [-0.4, -0.2) is 314 Å². The molecule has 36 atom stereocenters. The Labute approximate surface area is 562 Å². The predicted octanol–water partition coefficient (Wildman–Crippen LogP) is -3.27. The predicted molar refractivity (Wildman–Crippen MR) is 325 cm³/mol. The van der Waals surface area contributed by atoms with Gasteiger partial charge in [-0.2, -0.15) is 0 Å². The lowest BCUT2D eigenvalue weighted by Crippen LogP contribution is -2.67. The molecule has 0 amide bonds. The minimum atomic E-state index is -2.03. The van der Waals surface area contributed by atoms with E-state index in [1.165, 1.54) is 26.7 Å². The van der Waals surface area contributed by atoms with E-state index in [2.05, 4.69) is 40.3 Å². The molecule has 31 heteroatoms. The van der Waals surface area contributed by atoms with Crippen molar-refractivity contribution in [2.45, 2.75) is 290 Å². The van der Waals surface area contributed by atoms with Crippen LogP contribution < -0.4 is 0 Å². The zero-order valence-electron chi connectivity index (χ0n) is 56.4. The molecule has 7 saturated heterocycles. The highest BCUT2D eigenvalue weighted by atomic mass is 16.8. The van der Waals surface area contributed by atoms with Gasteiger partial charge in [0.05, 0.1) is 56.6 Å². The van der Waals surface area contributed by atoms with Gasteiger partial charge in [-0.1, -0.05) is 44.9 Å². The highest BCUT2D eigenvalue weighted by molar-refractivity contribution is 5.99. The molecule has 7 heterocycles. The van der Waals surface area contributed by atoms with Gasteiger partial charge in [-0.3, -0.25) is 9.59 Å². The van der Waals surface area contributed by atoms with E-state index < -0.39 is 244 Å². The Balaban J connectivity index is 0.828. The maximum atomic E-state index is 14.6. The number of aliphatic hydroxyl groups excluding tert-OH is 14. The zero-order chi connectivity index (χ0) is 70.5. The molecule has 11 rings (SSSR count). The lowest BCUT2D eigenvalue weighted by atomic mass is 9.41. The van der Waals surface area contributed by atoms with Gasteiger partial charge in [-0.25, -0.2) is 0 Å². The van der Waals surface area contributed by atoms with E-state index in [1.807, 2.05) is 13.8 Å². The fraction of sp³-hybridized carbons (Fsp3) is 0.909. The van der Waals surface area contributed by atoms with E-state index >= 15 is 0 Å². The second kappa shape index (κ2) is 29.2. The summed E-state index contributed by atoms with van der Waals surface area (Å²) in [6, 6.07) is 0. The topological polar surface area (TPSA) is 456 Å². The van der Waals surface area contributed by atoms with Gasteiger partial charge in [0, 0.05) is 20.6 Å². The molecule has 7 aliphatic heterocycles. The van der Waals surface area contributed by atoms with E-state index in [-0.39, 0.29) is 30.0 Å². The van der Waals surface area contributed by atoms with Crippen LogP contribution in [0.25, 0.3) is 0 Å². The molecule has 0 aromatic heterocycles. The van der Waals surface area contributed by atoms with Gasteiger partial charge < -0.3 is 143 Å². The largest absolute Gasteiger partial charge is 0.458 e. The number of Topliss-reactive ketones (excluding diaryl/α,β-unsaturated/α-hetero) is 1. The number of hydrogen-bond donors (Lipinski definition) is 14. The summed E-state index contributed by atoms with van der Waals surface area (Å²) in [5.41, 5.74) is -1.55. The maximum absolute atomic E-state index is 14.6. The first kappa shape index (κ1) is 75.7. The number of fused-ring (bicyclic) bond motifs is 4. The van der Waals surface area contributed by atoms with Gasteiger partial charge in [0.15, 0.2) is 37.7 Å². The van der Waals surface area contributed by atoms with Crippen molar-refractivity contribution in [2.75, 3.05) is 47.3 Å². The summed E-state index contributed by atoms with van der Waals surface area (Å²) in [5, 5.41) is 156. The summed E-state index contributed by atoms with van der Waals surface area (Å²) in [6.45, 7) is 14.6. The van der Waals surface area contributed by atoms with Gasteiger partial charge in [-0.15, -0.1) is 6.58 Å². The molecule has 3 saturated carbocycles. The number of carbonyl (C=O) groups excluding carboxylic acids is 2. The first-order valence-electron chi connectivity index (χ1n) is 34.1. The molecule has 11 aliphatic rings. The molecule has 554 valence electrons. The third-order valence-corrected chi connectivity index (χ3v) is 24.0. The second-order valence-corrected chi connectivity index (χ2v) is 30.2. The number of ketones is 1. The van der Waals surface area contributed by atoms with Crippen molar-refractivity contribution < 1.29 is 152 Å². The summed E-state index contributed by atoms with van der Waals surface area (Å²) in [5.74, 6) is -0.990. The number of aliphatic hydroxyl groups is 14. The number of allylic oxidation sites excluding steroid dienone is 3. The van der Waals surface area contributed by atoms with Crippen LogP contribution in [0.15, 0.2) is 23.8 Å². The Hall–Kier alpha value is -2.50. The van der Waals surface area contributed by atoms with Crippen molar-refractivity contribution in [2.24, 2.45) is 39.4 Å². The van der Waals surface area contributed by atoms with Gasteiger partial charge in [0.1, 0.15) is 140 Å². The van der Waals surface area contributed by atoms with Crippen molar-refractivity contribution in [1.29, 1.82) is 0 Å². The smallest absolute Gasteiger partial charge is 0.314 e. The van der Waals surface area contributed by atoms with Gasteiger partial charge in [0.25, 0.3) is 0 Å². The van der Waals surface area contributed by atoms with E-state index in [4.69, 9.17) is 71.1 Å². The number of carbonyl (C=O) groups is 2. The Bertz CT molecular complexity index is 2780. The number of esters is 1. The number of cyclic esters (lactones) is 1.